The van der Waals surface area contributed by atoms with Crippen molar-refractivity contribution >= 4 is 11.5 Å². The van der Waals surface area contributed by atoms with E-state index in [0.29, 0.717) is 36.0 Å². The summed E-state index contributed by atoms with van der Waals surface area (Å²) >= 11 is 0. The second-order valence-electron chi connectivity index (χ2n) is 12.9. The summed E-state index contributed by atoms with van der Waals surface area (Å²) in [5, 5.41) is 13.1. The molecule has 8 rings (SSSR count). The number of carbonyl (C=O) groups excluding carboxylic acids is 1. The van der Waals surface area contributed by atoms with E-state index in [9.17, 15) is 9.90 Å². The highest BCUT2D eigenvalue weighted by molar-refractivity contribution is 5.83. The molecule has 6 aliphatic carbocycles. The molecule has 0 aromatic heterocycles. The number of fused-ring (bicyclic) bond motifs is 2. The van der Waals surface area contributed by atoms with Gasteiger partial charge in [0.25, 0.3) is 0 Å². The average molecular weight is 524 g/mol. The molecule has 0 heterocycles. The fourth-order valence-corrected chi connectivity index (χ4v) is 8.79. The lowest BCUT2D eigenvalue weighted by molar-refractivity contribution is -0.125. The number of phenolic OH excluding ortho intramolecular Hbond substituents is 1. The zero-order valence-electron chi connectivity index (χ0n) is 22.9. The van der Waals surface area contributed by atoms with Crippen molar-refractivity contribution in [1.82, 2.24) is 5.32 Å². The van der Waals surface area contributed by atoms with Crippen molar-refractivity contribution < 1.29 is 14.6 Å². The van der Waals surface area contributed by atoms with E-state index in [1.54, 1.807) is 5.57 Å². The molecule has 1 amide bonds. The summed E-state index contributed by atoms with van der Waals surface area (Å²) in [5.41, 5.74) is 5.53. The molecule has 2 N–H and O–H groups in total. The van der Waals surface area contributed by atoms with Crippen LogP contribution in [0.5, 0.6) is 11.5 Å². The molecule has 5 fully saturated rings. The van der Waals surface area contributed by atoms with Gasteiger partial charge in [-0.25, -0.2) is 0 Å². The molecule has 5 saturated carbocycles. The largest absolute Gasteiger partial charge is 0.508 e. The van der Waals surface area contributed by atoms with Crippen LogP contribution in [-0.4, -0.2) is 24.2 Å². The van der Waals surface area contributed by atoms with Crippen LogP contribution in [0.25, 0.3) is 5.57 Å². The first-order valence-corrected chi connectivity index (χ1v) is 15.3. The Balaban J connectivity index is 0.974. The lowest BCUT2D eigenvalue weighted by atomic mass is 9.53. The average Bonchev–Trinajstić information content (AvgIpc) is 3.58. The number of benzene rings is 2. The summed E-state index contributed by atoms with van der Waals surface area (Å²) in [4.78, 5) is 12.5. The van der Waals surface area contributed by atoms with Gasteiger partial charge in [0.05, 0.1) is 6.61 Å². The third-order valence-corrected chi connectivity index (χ3v) is 10.4. The van der Waals surface area contributed by atoms with Gasteiger partial charge in [-0.15, -0.1) is 0 Å². The van der Waals surface area contributed by atoms with Gasteiger partial charge in [0, 0.05) is 12.5 Å². The summed E-state index contributed by atoms with van der Waals surface area (Å²) in [7, 11) is 0. The molecule has 4 nitrogen and oxygen atoms in total. The van der Waals surface area contributed by atoms with Gasteiger partial charge in [0.2, 0.25) is 5.91 Å². The minimum atomic E-state index is 0.190. The van der Waals surface area contributed by atoms with Gasteiger partial charge < -0.3 is 15.2 Å². The van der Waals surface area contributed by atoms with Crippen LogP contribution in [0, 0.1) is 41.4 Å². The van der Waals surface area contributed by atoms with Crippen LogP contribution in [0.2, 0.25) is 0 Å². The van der Waals surface area contributed by atoms with Gasteiger partial charge in [0.15, 0.2) is 0 Å². The minimum Gasteiger partial charge on any atom is -0.508 e. The highest BCUT2D eigenvalue weighted by Crippen LogP contribution is 2.58. The van der Waals surface area contributed by atoms with E-state index in [1.165, 1.54) is 55.2 Å². The lowest BCUT2D eigenvalue weighted by Crippen LogP contribution is -2.40. The highest BCUT2D eigenvalue weighted by atomic mass is 16.5. The minimum absolute atomic E-state index is 0.190. The van der Waals surface area contributed by atoms with Crippen LogP contribution >= 0.6 is 0 Å². The quantitative estimate of drug-likeness (QED) is 0.271. The number of unbranched alkanes of at least 4 members (excludes halogenated alkanes) is 1. The van der Waals surface area contributed by atoms with E-state index in [0.717, 1.165) is 43.4 Å². The Morgan fingerprint density at radius 1 is 0.795 bits per heavy atom. The van der Waals surface area contributed by atoms with Gasteiger partial charge in [-0.05, 0) is 134 Å². The molecule has 0 unspecified atom stereocenters. The predicted octanol–water partition coefficient (Wildman–Crippen LogP) is 7.14. The Labute approximate surface area is 232 Å². The zero-order valence-corrected chi connectivity index (χ0v) is 22.9. The van der Waals surface area contributed by atoms with E-state index >= 15 is 0 Å². The van der Waals surface area contributed by atoms with Crippen molar-refractivity contribution in [2.45, 2.75) is 57.8 Å². The summed E-state index contributed by atoms with van der Waals surface area (Å²) in [6, 6.07) is 16.5. The second kappa shape index (κ2) is 10.5. The van der Waals surface area contributed by atoms with Crippen molar-refractivity contribution in [3.63, 3.8) is 0 Å². The first-order chi connectivity index (χ1) is 19.1. The van der Waals surface area contributed by atoms with Crippen LogP contribution in [0.15, 0.2) is 66.3 Å². The number of allylic oxidation sites excluding steroid dienone is 3. The number of carbonyl (C=O) groups is 1. The van der Waals surface area contributed by atoms with Crippen molar-refractivity contribution in [2.75, 3.05) is 13.2 Å². The van der Waals surface area contributed by atoms with Gasteiger partial charge in [-0.1, -0.05) is 42.0 Å². The molecule has 0 radical (unpaired) electrons. The maximum Gasteiger partial charge on any atom is 0.223 e. The Hall–Kier alpha value is -3.01. The molecule has 0 saturated heterocycles. The van der Waals surface area contributed by atoms with Crippen LogP contribution in [0.3, 0.4) is 0 Å². The monoisotopic (exact) mass is 523 g/mol. The number of amides is 1. The maximum absolute atomic E-state index is 12.5. The van der Waals surface area contributed by atoms with Crippen LogP contribution in [0.4, 0.5) is 0 Å². The zero-order chi connectivity index (χ0) is 26.3. The number of phenols is 1. The summed E-state index contributed by atoms with van der Waals surface area (Å²) < 4.78 is 6.08. The number of aromatic hydroxyl groups is 1. The van der Waals surface area contributed by atoms with E-state index in [-0.39, 0.29) is 11.8 Å². The molecule has 4 heteroatoms. The van der Waals surface area contributed by atoms with Crippen molar-refractivity contribution in [3.8, 4) is 11.5 Å². The fraction of sp³-hybridized carbons (Fsp3) is 0.514. The summed E-state index contributed by atoms with van der Waals surface area (Å²) in [6.07, 6.45) is 15.4. The number of hydrogen-bond donors (Lipinski definition) is 2. The number of rotatable bonds is 9. The Bertz CT molecular complexity index is 1230. The maximum atomic E-state index is 12.5. The third-order valence-electron chi connectivity index (χ3n) is 10.4. The molecule has 0 spiro atoms. The standard InChI is InChI=1S/C35H41NO3/c37-30-9-5-25(6-10-30)33(34-28-17-23-15-24(19-28)20-29(34)18-23)26-7-11-31(12-8-26)39-14-2-1-13-36-35(38)32-21-22-3-4-27(32)16-22/h3-12,22-24,27-29,32,37H,1-2,13-21H2,(H,36,38)/t22-,23?,24?,27+,28?,29?,32+/m1/s1. The predicted molar refractivity (Wildman–Crippen MR) is 154 cm³/mol. The van der Waals surface area contributed by atoms with E-state index in [1.807, 2.05) is 12.1 Å². The molecule has 6 aliphatic rings. The summed E-state index contributed by atoms with van der Waals surface area (Å²) in [5.74, 6) is 6.02. The Morgan fingerprint density at radius 2 is 1.46 bits per heavy atom. The van der Waals surface area contributed by atoms with Crippen molar-refractivity contribution in [3.05, 3.63) is 77.4 Å². The van der Waals surface area contributed by atoms with Crippen molar-refractivity contribution in [2.24, 2.45) is 41.4 Å². The third kappa shape index (κ3) is 5.03. The van der Waals surface area contributed by atoms with E-state index in [4.69, 9.17) is 4.74 Å². The first-order valence-electron chi connectivity index (χ1n) is 15.3. The lowest BCUT2D eigenvalue weighted by Gasteiger charge is -2.52. The number of hydrogen-bond acceptors (Lipinski definition) is 3. The molecule has 0 aliphatic heterocycles. The SMILES string of the molecule is O=C(NCCCCOc1ccc(C(=C2C3CC4CC(C3)CC2C4)c2ccc(O)cc2)cc1)[C@H]1C[C@@H]2C=C[C@H]1C2. The van der Waals surface area contributed by atoms with Crippen LogP contribution < -0.4 is 10.1 Å². The number of nitrogens with one attached hydrogen (secondary N) is 1. The molecular weight excluding hydrogens is 482 g/mol. The normalized spacial score (nSPS) is 31.6. The molecular formula is C35H41NO3. The topological polar surface area (TPSA) is 58.6 Å². The van der Waals surface area contributed by atoms with E-state index < -0.39 is 0 Å². The highest BCUT2D eigenvalue weighted by Gasteiger charge is 2.46. The van der Waals surface area contributed by atoms with Gasteiger partial charge in [-0.3, -0.25) is 4.79 Å². The van der Waals surface area contributed by atoms with Crippen molar-refractivity contribution in [1.29, 1.82) is 0 Å². The molecule has 39 heavy (non-hydrogen) atoms. The van der Waals surface area contributed by atoms with Crippen LogP contribution in [-0.2, 0) is 4.79 Å². The second-order valence-corrected chi connectivity index (χ2v) is 12.9. The van der Waals surface area contributed by atoms with Gasteiger partial charge in [0.1, 0.15) is 11.5 Å². The smallest absolute Gasteiger partial charge is 0.223 e. The number of ether oxygens (including phenoxy) is 1. The first kappa shape index (κ1) is 25.0. The molecule has 3 atom stereocenters. The molecule has 204 valence electrons. The molecule has 2 aromatic carbocycles. The van der Waals surface area contributed by atoms with Gasteiger partial charge in [-0.2, -0.15) is 0 Å². The Morgan fingerprint density at radius 3 is 2.08 bits per heavy atom. The van der Waals surface area contributed by atoms with Gasteiger partial charge >= 0.3 is 0 Å². The fourth-order valence-electron chi connectivity index (χ4n) is 8.79. The summed E-state index contributed by atoms with van der Waals surface area (Å²) in [6.45, 7) is 1.39. The Kier molecular flexibility index (Phi) is 6.74. The molecule has 6 bridgehead atoms. The van der Waals surface area contributed by atoms with Crippen LogP contribution in [0.1, 0.15) is 68.9 Å². The molecule has 2 aromatic rings. The van der Waals surface area contributed by atoms with E-state index in [2.05, 4.69) is 53.9 Å².